The summed E-state index contributed by atoms with van der Waals surface area (Å²) in [7, 11) is 0. The fourth-order valence-corrected chi connectivity index (χ4v) is 2.87. The summed E-state index contributed by atoms with van der Waals surface area (Å²) in [4.78, 5) is 0. The van der Waals surface area contributed by atoms with Crippen molar-refractivity contribution in [1.82, 2.24) is 5.32 Å². The second-order valence-corrected chi connectivity index (χ2v) is 5.14. The fraction of sp³-hybridized carbons (Fsp3) is 1.00. The van der Waals surface area contributed by atoms with E-state index in [1.165, 1.54) is 57.8 Å². The highest BCUT2D eigenvalue weighted by Gasteiger charge is 2.17. The maximum atomic E-state index is 3.66. The fourth-order valence-electron chi connectivity index (χ4n) is 2.87. The Bertz CT molecular complexity index is 138. The molecule has 1 aliphatic rings. The van der Waals surface area contributed by atoms with E-state index in [2.05, 4.69) is 19.2 Å². The molecule has 1 nitrogen and oxygen atoms in total. The van der Waals surface area contributed by atoms with Crippen molar-refractivity contribution in [3.63, 3.8) is 0 Å². The van der Waals surface area contributed by atoms with Gasteiger partial charge in [0.2, 0.25) is 0 Å². The van der Waals surface area contributed by atoms with Crippen LogP contribution in [-0.4, -0.2) is 12.6 Å². The molecule has 1 unspecified atom stereocenters. The van der Waals surface area contributed by atoms with Crippen LogP contribution in [0.15, 0.2) is 0 Å². The third kappa shape index (κ3) is 5.55. The minimum atomic E-state index is 0.804. The van der Waals surface area contributed by atoms with Crippen LogP contribution >= 0.6 is 0 Å². The zero-order chi connectivity index (χ0) is 10.9. The van der Waals surface area contributed by atoms with Gasteiger partial charge < -0.3 is 5.32 Å². The minimum absolute atomic E-state index is 0.804. The molecule has 0 aromatic rings. The van der Waals surface area contributed by atoms with Crippen LogP contribution in [0.25, 0.3) is 0 Å². The van der Waals surface area contributed by atoms with Crippen molar-refractivity contribution in [2.24, 2.45) is 5.92 Å². The Morgan fingerprint density at radius 2 is 1.87 bits per heavy atom. The third-order valence-electron chi connectivity index (χ3n) is 3.74. The first-order chi connectivity index (χ1) is 7.36. The van der Waals surface area contributed by atoms with Crippen LogP contribution in [-0.2, 0) is 0 Å². The van der Waals surface area contributed by atoms with Crippen molar-refractivity contribution in [3.8, 4) is 0 Å². The standard InChI is InChI=1S/C14H29N/c1-3-5-11-14(15-4-2)12-13-9-7-6-8-10-13/h13-15H,3-12H2,1-2H3. The van der Waals surface area contributed by atoms with Crippen molar-refractivity contribution in [2.45, 2.75) is 77.7 Å². The van der Waals surface area contributed by atoms with Gasteiger partial charge in [-0.25, -0.2) is 0 Å². The van der Waals surface area contributed by atoms with Crippen molar-refractivity contribution < 1.29 is 0 Å². The van der Waals surface area contributed by atoms with Gasteiger partial charge in [0.25, 0.3) is 0 Å². The lowest BCUT2D eigenvalue weighted by atomic mass is 9.84. The van der Waals surface area contributed by atoms with Crippen molar-refractivity contribution in [1.29, 1.82) is 0 Å². The van der Waals surface area contributed by atoms with Crippen molar-refractivity contribution >= 4 is 0 Å². The summed E-state index contributed by atoms with van der Waals surface area (Å²) in [5.74, 6) is 1.03. The zero-order valence-electron chi connectivity index (χ0n) is 10.7. The van der Waals surface area contributed by atoms with Crippen LogP contribution in [0.2, 0.25) is 0 Å². The van der Waals surface area contributed by atoms with Gasteiger partial charge in [-0.1, -0.05) is 58.8 Å². The zero-order valence-corrected chi connectivity index (χ0v) is 10.7. The first-order valence-corrected chi connectivity index (χ1v) is 7.10. The van der Waals surface area contributed by atoms with E-state index in [4.69, 9.17) is 0 Å². The highest BCUT2D eigenvalue weighted by Crippen LogP contribution is 2.28. The maximum absolute atomic E-state index is 3.66. The highest BCUT2D eigenvalue weighted by molar-refractivity contribution is 4.74. The van der Waals surface area contributed by atoms with Gasteiger partial charge in [0, 0.05) is 6.04 Å². The molecule has 1 N–H and O–H groups in total. The predicted octanol–water partition coefficient (Wildman–Crippen LogP) is 4.13. The predicted molar refractivity (Wildman–Crippen MR) is 68.2 cm³/mol. The summed E-state index contributed by atoms with van der Waals surface area (Å²) >= 11 is 0. The molecule has 0 radical (unpaired) electrons. The molecular weight excluding hydrogens is 182 g/mol. The molecule has 1 aliphatic carbocycles. The van der Waals surface area contributed by atoms with Gasteiger partial charge in [0.15, 0.2) is 0 Å². The van der Waals surface area contributed by atoms with E-state index in [9.17, 15) is 0 Å². The van der Waals surface area contributed by atoms with E-state index in [1.54, 1.807) is 0 Å². The van der Waals surface area contributed by atoms with E-state index < -0.39 is 0 Å². The molecular formula is C14H29N. The number of rotatable bonds is 7. The van der Waals surface area contributed by atoms with Crippen molar-refractivity contribution in [2.75, 3.05) is 6.54 Å². The molecule has 1 heteroatoms. The molecule has 15 heavy (non-hydrogen) atoms. The number of hydrogen-bond acceptors (Lipinski definition) is 1. The SMILES string of the molecule is CCCCC(CC1CCCCC1)NCC. The molecule has 1 fully saturated rings. The first kappa shape index (κ1) is 13.0. The normalized spacial score (nSPS) is 20.4. The van der Waals surface area contributed by atoms with Gasteiger partial charge in [-0.3, -0.25) is 0 Å². The van der Waals surface area contributed by atoms with E-state index in [1.807, 2.05) is 0 Å². The smallest absolute Gasteiger partial charge is 0.00695 e. The Labute approximate surface area is 96.0 Å². The number of unbranched alkanes of at least 4 members (excludes halogenated alkanes) is 1. The topological polar surface area (TPSA) is 12.0 Å². The summed E-state index contributed by atoms with van der Waals surface area (Å²) in [6.07, 6.45) is 13.0. The first-order valence-electron chi connectivity index (χ1n) is 7.10. The second kappa shape index (κ2) is 8.15. The molecule has 0 amide bonds. The van der Waals surface area contributed by atoms with Crippen LogP contribution in [0.5, 0.6) is 0 Å². The van der Waals surface area contributed by atoms with Gasteiger partial charge >= 0.3 is 0 Å². The lowest BCUT2D eigenvalue weighted by molar-refractivity contribution is 0.290. The molecule has 0 aliphatic heterocycles. The van der Waals surface area contributed by atoms with E-state index in [0.717, 1.165) is 18.5 Å². The van der Waals surface area contributed by atoms with E-state index in [-0.39, 0.29) is 0 Å². The van der Waals surface area contributed by atoms with E-state index >= 15 is 0 Å². The Morgan fingerprint density at radius 1 is 1.13 bits per heavy atom. The minimum Gasteiger partial charge on any atom is -0.314 e. The Hall–Kier alpha value is -0.0400. The molecule has 0 heterocycles. The molecule has 0 aromatic heterocycles. The van der Waals surface area contributed by atoms with Crippen LogP contribution in [0.3, 0.4) is 0 Å². The third-order valence-corrected chi connectivity index (χ3v) is 3.74. The van der Waals surface area contributed by atoms with Crippen LogP contribution in [0, 0.1) is 5.92 Å². The molecule has 90 valence electrons. The molecule has 0 spiro atoms. The summed E-state index contributed by atoms with van der Waals surface area (Å²) in [6, 6.07) is 0.804. The summed E-state index contributed by atoms with van der Waals surface area (Å²) in [5.41, 5.74) is 0. The average molecular weight is 211 g/mol. The molecule has 1 rings (SSSR count). The molecule has 1 saturated carbocycles. The lowest BCUT2D eigenvalue weighted by Gasteiger charge is -2.27. The molecule has 1 atom stereocenters. The monoisotopic (exact) mass is 211 g/mol. The van der Waals surface area contributed by atoms with Gasteiger partial charge in [-0.05, 0) is 25.3 Å². The molecule has 0 saturated heterocycles. The summed E-state index contributed by atoms with van der Waals surface area (Å²) < 4.78 is 0. The molecule has 0 bridgehead atoms. The Morgan fingerprint density at radius 3 is 2.47 bits per heavy atom. The highest BCUT2D eigenvalue weighted by atomic mass is 14.9. The average Bonchev–Trinajstić information content (AvgIpc) is 2.28. The van der Waals surface area contributed by atoms with Gasteiger partial charge in [-0.15, -0.1) is 0 Å². The second-order valence-electron chi connectivity index (χ2n) is 5.14. The number of hydrogen-bond donors (Lipinski definition) is 1. The molecule has 0 aromatic carbocycles. The summed E-state index contributed by atoms with van der Waals surface area (Å²) in [5, 5.41) is 3.66. The van der Waals surface area contributed by atoms with Gasteiger partial charge in [0.1, 0.15) is 0 Å². The van der Waals surface area contributed by atoms with Crippen LogP contribution in [0.4, 0.5) is 0 Å². The number of nitrogens with one attached hydrogen (secondary N) is 1. The largest absolute Gasteiger partial charge is 0.314 e. The van der Waals surface area contributed by atoms with Crippen molar-refractivity contribution in [3.05, 3.63) is 0 Å². The Balaban J connectivity index is 2.21. The van der Waals surface area contributed by atoms with E-state index in [0.29, 0.717) is 0 Å². The lowest BCUT2D eigenvalue weighted by Crippen LogP contribution is -2.31. The van der Waals surface area contributed by atoms with Crippen LogP contribution in [0.1, 0.15) is 71.6 Å². The summed E-state index contributed by atoms with van der Waals surface area (Å²) in [6.45, 7) is 5.67. The quantitative estimate of drug-likeness (QED) is 0.668. The maximum Gasteiger partial charge on any atom is 0.00695 e. The Kier molecular flexibility index (Phi) is 7.08. The van der Waals surface area contributed by atoms with Gasteiger partial charge in [0.05, 0.1) is 0 Å². The van der Waals surface area contributed by atoms with Crippen LogP contribution < -0.4 is 5.32 Å². The van der Waals surface area contributed by atoms with Gasteiger partial charge in [-0.2, -0.15) is 0 Å².